The molecule has 2 N–H and O–H groups in total. The van der Waals surface area contributed by atoms with Crippen molar-refractivity contribution in [3.8, 4) is 0 Å². The summed E-state index contributed by atoms with van der Waals surface area (Å²) < 4.78 is 9.88. The van der Waals surface area contributed by atoms with Crippen LogP contribution in [-0.4, -0.2) is 29.5 Å². The fraction of sp³-hybridized carbons (Fsp3) is 0.125. The van der Waals surface area contributed by atoms with Crippen molar-refractivity contribution in [3.05, 3.63) is 47.2 Å². The highest BCUT2D eigenvalue weighted by Crippen LogP contribution is 2.24. The van der Waals surface area contributed by atoms with Gasteiger partial charge in [0.2, 0.25) is 0 Å². The van der Waals surface area contributed by atoms with Gasteiger partial charge >= 0.3 is 6.09 Å². The summed E-state index contributed by atoms with van der Waals surface area (Å²) in [4.78, 5) is 39.9. The Morgan fingerprint density at radius 3 is 2.92 bits per heavy atom. The van der Waals surface area contributed by atoms with Crippen molar-refractivity contribution >= 4 is 45.3 Å². The van der Waals surface area contributed by atoms with Gasteiger partial charge in [-0.1, -0.05) is 0 Å². The Balaban J connectivity index is 1.74. The van der Waals surface area contributed by atoms with E-state index in [4.69, 9.17) is 4.42 Å². The zero-order valence-corrected chi connectivity index (χ0v) is 13.9. The van der Waals surface area contributed by atoms with Crippen molar-refractivity contribution in [3.63, 3.8) is 0 Å². The maximum absolute atomic E-state index is 12.4. The second kappa shape index (κ2) is 7.14. The first-order chi connectivity index (χ1) is 12.1. The number of ether oxygens (including phenoxy) is 1. The molecule has 0 saturated carbocycles. The Labute approximate surface area is 145 Å². The predicted molar refractivity (Wildman–Crippen MR) is 90.8 cm³/mol. The summed E-state index contributed by atoms with van der Waals surface area (Å²) in [5, 5.41) is 6.66. The second-order valence-electron chi connectivity index (χ2n) is 4.82. The van der Waals surface area contributed by atoms with Gasteiger partial charge in [-0.25, -0.2) is 4.79 Å². The minimum absolute atomic E-state index is 0.147. The highest BCUT2D eigenvalue weighted by Gasteiger charge is 2.18. The van der Waals surface area contributed by atoms with E-state index in [1.54, 1.807) is 24.4 Å². The molecule has 0 saturated heterocycles. The van der Waals surface area contributed by atoms with E-state index in [0.717, 1.165) is 11.3 Å². The number of hydrogen-bond donors (Lipinski definition) is 2. The van der Waals surface area contributed by atoms with Crippen molar-refractivity contribution in [2.75, 3.05) is 11.9 Å². The SMILES string of the molecule is CCOC(=O)NC(=O)c1ccsc1NC(=O)c1cnc2ccoc2c1. The van der Waals surface area contributed by atoms with Crippen LogP contribution in [0.1, 0.15) is 27.6 Å². The maximum Gasteiger partial charge on any atom is 0.414 e. The molecular weight excluding hydrogens is 346 g/mol. The van der Waals surface area contributed by atoms with Gasteiger partial charge in [0.1, 0.15) is 10.5 Å². The first-order valence-corrected chi connectivity index (χ1v) is 8.16. The van der Waals surface area contributed by atoms with Crippen LogP contribution in [0.4, 0.5) is 9.80 Å². The monoisotopic (exact) mass is 359 g/mol. The lowest BCUT2D eigenvalue weighted by atomic mass is 10.2. The largest absolute Gasteiger partial charge is 0.463 e. The lowest BCUT2D eigenvalue weighted by Gasteiger charge is -2.07. The minimum atomic E-state index is -0.844. The zero-order chi connectivity index (χ0) is 17.8. The molecule has 0 bridgehead atoms. The van der Waals surface area contributed by atoms with E-state index < -0.39 is 17.9 Å². The summed E-state index contributed by atoms with van der Waals surface area (Å²) in [6.07, 6.45) is 2.05. The molecule has 0 aliphatic rings. The quantitative estimate of drug-likeness (QED) is 0.741. The van der Waals surface area contributed by atoms with Crippen molar-refractivity contribution in [1.82, 2.24) is 10.3 Å². The molecule has 0 atom stereocenters. The Kier molecular flexibility index (Phi) is 4.75. The van der Waals surface area contributed by atoms with Gasteiger partial charge < -0.3 is 14.5 Å². The van der Waals surface area contributed by atoms with Crippen LogP contribution in [-0.2, 0) is 4.74 Å². The van der Waals surface area contributed by atoms with Crippen LogP contribution in [0.25, 0.3) is 11.1 Å². The van der Waals surface area contributed by atoms with Crippen LogP contribution >= 0.6 is 11.3 Å². The Morgan fingerprint density at radius 2 is 2.12 bits per heavy atom. The van der Waals surface area contributed by atoms with Gasteiger partial charge in [-0.2, -0.15) is 0 Å². The first kappa shape index (κ1) is 16.7. The number of imide groups is 1. The highest BCUT2D eigenvalue weighted by molar-refractivity contribution is 7.14. The van der Waals surface area contributed by atoms with E-state index in [1.807, 2.05) is 0 Å². The molecule has 0 fully saturated rings. The number of pyridine rings is 1. The number of nitrogens with zero attached hydrogens (tertiary/aromatic N) is 1. The van der Waals surface area contributed by atoms with E-state index in [0.29, 0.717) is 16.1 Å². The molecule has 0 spiro atoms. The molecule has 3 amide bonds. The summed E-state index contributed by atoms with van der Waals surface area (Å²) in [7, 11) is 0. The van der Waals surface area contributed by atoms with Crippen LogP contribution in [0.2, 0.25) is 0 Å². The summed E-state index contributed by atoms with van der Waals surface area (Å²) in [6, 6.07) is 4.75. The van der Waals surface area contributed by atoms with Crippen LogP contribution in [0.15, 0.2) is 40.5 Å². The molecule has 9 heteroatoms. The van der Waals surface area contributed by atoms with Gasteiger partial charge in [0.05, 0.1) is 24.0 Å². The number of furan rings is 1. The van der Waals surface area contributed by atoms with Crippen LogP contribution in [0.5, 0.6) is 0 Å². The fourth-order valence-electron chi connectivity index (χ4n) is 2.06. The summed E-state index contributed by atoms with van der Waals surface area (Å²) >= 11 is 1.16. The average molecular weight is 359 g/mol. The van der Waals surface area contributed by atoms with Crippen molar-refractivity contribution < 1.29 is 23.5 Å². The molecule has 0 aliphatic heterocycles. The second-order valence-corrected chi connectivity index (χ2v) is 5.74. The summed E-state index contributed by atoms with van der Waals surface area (Å²) in [5.41, 5.74) is 1.58. The van der Waals surface area contributed by atoms with Crippen molar-refractivity contribution in [2.45, 2.75) is 6.92 Å². The Morgan fingerprint density at radius 1 is 1.28 bits per heavy atom. The number of anilines is 1. The molecule has 0 aliphatic carbocycles. The van der Waals surface area contributed by atoms with Gasteiger partial charge in [-0.15, -0.1) is 11.3 Å². The maximum atomic E-state index is 12.4. The molecule has 0 radical (unpaired) electrons. The van der Waals surface area contributed by atoms with E-state index in [2.05, 4.69) is 20.4 Å². The molecule has 3 aromatic heterocycles. The Hall–Kier alpha value is -3.20. The smallest absolute Gasteiger partial charge is 0.414 e. The number of aromatic nitrogens is 1. The van der Waals surface area contributed by atoms with Gasteiger partial charge in [0.25, 0.3) is 11.8 Å². The van der Waals surface area contributed by atoms with Gasteiger partial charge in [0, 0.05) is 12.3 Å². The minimum Gasteiger partial charge on any atom is -0.463 e. The summed E-state index contributed by atoms with van der Waals surface area (Å²) in [6.45, 7) is 1.78. The lowest BCUT2D eigenvalue weighted by molar-refractivity contribution is 0.0926. The molecular formula is C16H13N3O5S. The number of alkyl carbamates (subject to hydrolysis) is 1. The lowest BCUT2D eigenvalue weighted by Crippen LogP contribution is -2.31. The van der Waals surface area contributed by atoms with Crippen LogP contribution in [0.3, 0.4) is 0 Å². The standard InChI is InChI=1S/C16H13N3O5S/c1-2-23-16(22)19-14(21)10-4-6-25-15(10)18-13(20)9-7-12-11(17-8-9)3-5-24-12/h3-8H,2H2,1H3,(H,18,20)(H,19,21,22). The van der Waals surface area contributed by atoms with Crippen LogP contribution in [0, 0.1) is 0 Å². The van der Waals surface area contributed by atoms with Gasteiger partial charge in [0.15, 0.2) is 5.58 Å². The first-order valence-electron chi connectivity index (χ1n) is 7.28. The number of carbonyl (C=O) groups is 3. The molecule has 0 unspecified atom stereocenters. The molecule has 0 aromatic carbocycles. The number of rotatable bonds is 4. The van der Waals surface area contributed by atoms with Crippen molar-refractivity contribution in [2.24, 2.45) is 0 Å². The predicted octanol–water partition coefficient (Wildman–Crippen LogP) is 3.03. The molecule has 3 aromatic rings. The van der Waals surface area contributed by atoms with Gasteiger partial charge in [-0.05, 0) is 24.4 Å². The van der Waals surface area contributed by atoms with Gasteiger partial charge in [-0.3, -0.25) is 19.9 Å². The molecule has 3 heterocycles. The third-order valence-corrected chi connectivity index (χ3v) is 4.02. The molecule has 128 valence electrons. The zero-order valence-electron chi connectivity index (χ0n) is 13.1. The number of thiophene rings is 1. The Bertz CT molecular complexity index is 946. The number of nitrogens with one attached hydrogen (secondary N) is 2. The van der Waals surface area contributed by atoms with Crippen molar-refractivity contribution in [1.29, 1.82) is 0 Å². The third kappa shape index (κ3) is 3.66. The highest BCUT2D eigenvalue weighted by atomic mass is 32.1. The van der Waals surface area contributed by atoms with E-state index >= 15 is 0 Å². The van der Waals surface area contributed by atoms with E-state index in [1.165, 1.54) is 18.5 Å². The van der Waals surface area contributed by atoms with Crippen LogP contribution < -0.4 is 10.6 Å². The van der Waals surface area contributed by atoms with E-state index in [9.17, 15) is 14.4 Å². The normalized spacial score (nSPS) is 10.4. The average Bonchev–Trinajstić information content (AvgIpc) is 3.22. The molecule has 8 nitrogen and oxygen atoms in total. The molecule has 3 rings (SSSR count). The number of amides is 3. The van der Waals surface area contributed by atoms with E-state index in [-0.39, 0.29) is 17.7 Å². The number of carbonyl (C=O) groups excluding carboxylic acids is 3. The topological polar surface area (TPSA) is 111 Å². The molecule has 25 heavy (non-hydrogen) atoms. The summed E-state index contributed by atoms with van der Waals surface area (Å²) in [5.74, 6) is -1.10. The third-order valence-electron chi connectivity index (χ3n) is 3.19. The fourth-order valence-corrected chi connectivity index (χ4v) is 2.84. The number of hydrogen-bond acceptors (Lipinski definition) is 7. The number of fused-ring (bicyclic) bond motifs is 1.